The summed E-state index contributed by atoms with van der Waals surface area (Å²) in [6, 6.07) is 0. The second kappa shape index (κ2) is 4.29. The molecular weight excluding hydrogens is 232 g/mol. The maximum Gasteiger partial charge on any atom is 0.397 e. The molecule has 1 fully saturated rings. The molecule has 1 rings (SSSR count). The van der Waals surface area contributed by atoms with E-state index < -0.39 is 41.1 Å². The molecule has 4 N–H and O–H groups in total. The van der Waals surface area contributed by atoms with Gasteiger partial charge in [-0.15, -0.1) is 0 Å². The van der Waals surface area contributed by atoms with E-state index in [-0.39, 0.29) is 0 Å². The predicted molar refractivity (Wildman–Crippen MR) is 45.0 cm³/mol. The van der Waals surface area contributed by atoms with Gasteiger partial charge in [0.1, 0.15) is 12.2 Å². The zero-order valence-electron chi connectivity index (χ0n) is 7.72. The Labute approximate surface area is 86.0 Å². The molecule has 0 saturated carbocycles. The van der Waals surface area contributed by atoms with Crippen molar-refractivity contribution in [2.24, 2.45) is 0 Å². The maximum absolute atomic E-state index is 10.4. The van der Waals surface area contributed by atoms with Gasteiger partial charge in [-0.2, -0.15) is 8.42 Å². The molecule has 1 unspecified atom stereocenters. The van der Waals surface area contributed by atoms with Gasteiger partial charge in [0.2, 0.25) is 0 Å². The molecule has 0 aromatic heterocycles. The molecule has 0 aliphatic carbocycles. The van der Waals surface area contributed by atoms with Crippen molar-refractivity contribution >= 4 is 10.4 Å². The first kappa shape index (κ1) is 12.8. The Hall–Kier alpha value is -0.290. The number of aliphatic hydroxyl groups excluding tert-OH is 3. The largest absolute Gasteiger partial charge is 0.397 e. The predicted octanol–water partition coefficient (Wildman–Crippen LogP) is -2.37. The molecule has 0 radical (unpaired) electrons. The molecule has 0 amide bonds. The van der Waals surface area contributed by atoms with Gasteiger partial charge in [0, 0.05) is 0 Å². The third-order valence-electron chi connectivity index (χ3n) is 2.04. The van der Waals surface area contributed by atoms with Crippen molar-refractivity contribution in [2.45, 2.75) is 37.6 Å². The summed E-state index contributed by atoms with van der Waals surface area (Å²) in [5.74, 6) is 0. The minimum Gasteiger partial charge on any atom is -0.388 e. The van der Waals surface area contributed by atoms with Gasteiger partial charge in [-0.05, 0) is 6.92 Å². The van der Waals surface area contributed by atoms with Crippen LogP contribution in [0.2, 0.25) is 0 Å². The van der Waals surface area contributed by atoms with E-state index in [1.165, 1.54) is 6.92 Å². The van der Waals surface area contributed by atoms with Crippen molar-refractivity contribution in [2.75, 3.05) is 0 Å². The second-order valence-electron chi connectivity index (χ2n) is 3.20. The van der Waals surface area contributed by atoms with Crippen LogP contribution in [0.25, 0.3) is 0 Å². The fraction of sp³-hybridized carbons (Fsp3) is 1.00. The van der Waals surface area contributed by atoms with Crippen molar-refractivity contribution in [3.05, 3.63) is 0 Å². The normalized spacial score (nSPS) is 42.9. The summed E-state index contributed by atoms with van der Waals surface area (Å²) < 4.78 is 37.7. The molecule has 0 bridgehead atoms. The molecule has 0 aromatic carbocycles. The minimum atomic E-state index is -4.84. The van der Waals surface area contributed by atoms with Crippen LogP contribution in [-0.2, 0) is 19.3 Å². The van der Waals surface area contributed by atoms with Gasteiger partial charge in [-0.25, -0.2) is 4.18 Å². The number of rotatable bonds is 2. The summed E-state index contributed by atoms with van der Waals surface area (Å²) in [5.41, 5.74) is 0. The van der Waals surface area contributed by atoms with Crippen LogP contribution in [-0.4, -0.2) is 59.0 Å². The fourth-order valence-electron chi connectivity index (χ4n) is 1.26. The monoisotopic (exact) mass is 244 g/mol. The van der Waals surface area contributed by atoms with E-state index in [9.17, 15) is 23.7 Å². The third-order valence-corrected chi connectivity index (χ3v) is 2.50. The highest BCUT2D eigenvalue weighted by Gasteiger charge is 2.44. The fourth-order valence-corrected chi connectivity index (χ4v) is 1.75. The van der Waals surface area contributed by atoms with Crippen molar-refractivity contribution < 1.29 is 37.2 Å². The van der Waals surface area contributed by atoms with E-state index in [2.05, 4.69) is 8.92 Å². The Morgan fingerprint density at radius 3 is 2.20 bits per heavy atom. The van der Waals surface area contributed by atoms with Crippen LogP contribution in [0.15, 0.2) is 0 Å². The summed E-state index contributed by atoms with van der Waals surface area (Å²) in [6.07, 6.45) is -7.48. The lowest BCUT2D eigenvalue weighted by Gasteiger charge is -2.37. The van der Waals surface area contributed by atoms with Crippen LogP contribution in [0.1, 0.15) is 6.92 Å². The highest BCUT2D eigenvalue weighted by atomic mass is 32.3. The average molecular weight is 244 g/mol. The summed E-state index contributed by atoms with van der Waals surface area (Å²) >= 11 is 0. The first-order valence-electron chi connectivity index (χ1n) is 4.07. The maximum atomic E-state index is 10.4. The standard InChI is InChI=1S/C6H12O8S/c1-2-3(7)4(8)5(6(9)13-2)14-15(10,11)12/h2-9H,1H3,(H,10,11,12)/t2-,3+,4+,5-,6?/m1/s1. The number of hydrogen-bond donors (Lipinski definition) is 4. The lowest BCUT2D eigenvalue weighted by atomic mass is 10.0. The molecule has 1 saturated heterocycles. The highest BCUT2D eigenvalue weighted by molar-refractivity contribution is 7.80. The zero-order valence-corrected chi connectivity index (χ0v) is 8.53. The van der Waals surface area contributed by atoms with E-state index in [4.69, 9.17) is 4.55 Å². The molecule has 1 aliphatic heterocycles. The first-order chi connectivity index (χ1) is 6.72. The van der Waals surface area contributed by atoms with Gasteiger partial charge in [-0.3, -0.25) is 4.55 Å². The highest BCUT2D eigenvalue weighted by Crippen LogP contribution is 2.22. The van der Waals surface area contributed by atoms with Crippen LogP contribution < -0.4 is 0 Å². The van der Waals surface area contributed by atoms with Gasteiger partial charge in [0.25, 0.3) is 0 Å². The second-order valence-corrected chi connectivity index (χ2v) is 4.25. The van der Waals surface area contributed by atoms with Crippen molar-refractivity contribution in [3.8, 4) is 0 Å². The van der Waals surface area contributed by atoms with Gasteiger partial charge >= 0.3 is 10.4 Å². The van der Waals surface area contributed by atoms with Crippen molar-refractivity contribution in [1.82, 2.24) is 0 Å². The van der Waals surface area contributed by atoms with Crippen LogP contribution in [0.4, 0.5) is 0 Å². The summed E-state index contributed by atoms with van der Waals surface area (Å²) in [6.45, 7) is 1.38. The molecule has 1 aliphatic rings. The number of ether oxygens (including phenoxy) is 1. The Morgan fingerprint density at radius 2 is 1.73 bits per heavy atom. The van der Waals surface area contributed by atoms with Gasteiger partial charge in [0.15, 0.2) is 12.4 Å². The van der Waals surface area contributed by atoms with Crippen LogP contribution in [0.3, 0.4) is 0 Å². The molecule has 15 heavy (non-hydrogen) atoms. The number of hydrogen-bond acceptors (Lipinski definition) is 7. The summed E-state index contributed by atoms with van der Waals surface area (Å²) in [5, 5.41) is 27.8. The Morgan fingerprint density at radius 1 is 1.20 bits per heavy atom. The van der Waals surface area contributed by atoms with Crippen LogP contribution in [0, 0.1) is 0 Å². The van der Waals surface area contributed by atoms with Gasteiger partial charge < -0.3 is 20.1 Å². The van der Waals surface area contributed by atoms with Crippen LogP contribution in [0.5, 0.6) is 0 Å². The topological polar surface area (TPSA) is 134 Å². The van der Waals surface area contributed by atoms with E-state index >= 15 is 0 Å². The van der Waals surface area contributed by atoms with E-state index in [1.54, 1.807) is 0 Å². The molecular formula is C6H12O8S. The smallest absolute Gasteiger partial charge is 0.388 e. The van der Waals surface area contributed by atoms with Crippen LogP contribution >= 0.6 is 0 Å². The lowest BCUT2D eigenvalue weighted by Crippen LogP contribution is -2.57. The summed E-state index contributed by atoms with van der Waals surface area (Å²) in [7, 11) is -4.84. The molecule has 8 nitrogen and oxygen atoms in total. The lowest BCUT2D eigenvalue weighted by molar-refractivity contribution is -0.271. The van der Waals surface area contributed by atoms with Crippen molar-refractivity contribution in [1.29, 1.82) is 0 Å². The minimum absolute atomic E-state index is 0.878. The average Bonchev–Trinajstić information content (AvgIpc) is 2.07. The molecule has 5 atom stereocenters. The molecule has 0 spiro atoms. The summed E-state index contributed by atoms with van der Waals surface area (Å²) in [4.78, 5) is 0. The molecule has 0 aromatic rings. The molecule has 90 valence electrons. The molecule has 9 heteroatoms. The van der Waals surface area contributed by atoms with Gasteiger partial charge in [-0.1, -0.05) is 0 Å². The third kappa shape index (κ3) is 3.08. The Kier molecular flexibility index (Phi) is 3.66. The van der Waals surface area contributed by atoms with Crippen molar-refractivity contribution in [3.63, 3.8) is 0 Å². The van der Waals surface area contributed by atoms with Gasteiger partial charge in [0.05, 0.1) is 6.10 Å². The van der Waals surface area contributed by atoms with E-state index in [0.29, 0.717) is 0 Å². The Balaban J connectivity index is 2.79. The van der Waals surface area contributed by atoms with E-state index in [1.807, 2.05) is 0 Å². The van der Waals surface area contributed by atoms with E-state index in [0.717, 1.165) is 0 Å². The Bertz CT molecular complexity index is 313. The SMILES string of the molecule is C[C@H]1OC(O)[C@H](OS(=O)(=O)O)[C@@H](O)[C@H]1O. The zero-order chi connectivity index (χ0) is 11.8. The quantitative estimate of drug-likeness (QED) is 0.396. The molecule has 1 heterocycles. The first-order valence-corrected chi connectivity index (χ1v) is 5.44. The number of aliphatic hydroxyl groups is 3.